The molecule has 2 aromatic rings. The molecule has 1 unspecified atom stereocenters. The van der Waals surface area contributed by atoms with Gasteiger partial charge in [0, 0.05) is 13.1 Å². The fourth-order valence-electron chi connectivity index (χ4n) is 1.60. The smallest absolute Gasteiger partial charge is 0.274 e. The highest BCUT2D eigenvalue weighted by Gasteiger charge is 2.21. The van der Waals surface area contributed by atoms with Crippen LogP contribution in [0, 0.1) is 6.92 Å². The molecule has 2 N–H and O–H groups in total. The van der Waals surface area contributed by atoms with Crippen molar-refractivity contribution < 1.29 is 14.4 Å². The van der Waals surface area contributed by atoms with Gasteiger partial charge >= 0.3 is 0 Å². The summed E-state index contributed by atoms with van der Waals surface area (Å²) in [6.07, 6.45) is 2.03. The summed E-state index contributed by atoms with van der Waals surface area (Å²) in [6.45, 7) is 3.56. The van der Waals surface area contributed by atoms with Gasteiger partial charge in [0.05, 0.1) is 6.04 Å². The van der Waals surface area contributed by atoms with Crippen LogP contribution in [-0.2, 0) is 0 Å². The molecular weight excluding hydrogens is 248 g/mol. The summed E-state index contributed by atoms with van der Waals surface area (Å²) in [5.74, 6) is 0.193. The Morgan fingerprint density at radius 3 is 2.95 bits per heavy atom. The molecule has 0 aliphatic heterocycles. The molecule has 19 heavy (non-hydrogen) atoms. The van der Waals surface area contributed by atoms with Crippen LogP contribution in [-0.4, -0.2) is 26.1 Å². The number of carbonyl (C=O) groups excluding carboxylic acids is 1. The number of hydrogen-bond donors (Lipinski definition) is 2. The molecule has 2 heterocycles. The van der Waals surface area contributed by atoms with Gasteiger partial charge in [-0.05, 0) is 18.6 Å². The lowest BCUT2D eigenvalue weighted by molar-refractivity contribution is 0.0925. The summed E-state index contributed by atoms with van der Waals surface area (Å²) < 4.78 is 4.88. The second kappa shape index (κ2) is 5.47. The average Bonchev–Trinajstić information content (AvgIpc) is 2.82. The van der Waals surface area contributed by atoms with Crippen LogP contribution in [0.5, 0.6) is 5.75 Å². The summed E-state index contributed by atoms with van der Waals surface area (Å²) in [5.41, 5.74) is -0.0267. The standard InChI is InChI=1S/C12H14N4O3/c1-3-8(11-14-7(2)19-16-11)15-12(18)10-9(17)5-4-6-13-10/h4-6,8,17H,3H2,1-2H3,(H,15,18). The number of rotatable bonds is 4. The van der Waals surface area contributed by atoms with E-state index in [1.165, 1.54) is 12.3 Å². The molecule has 7 nitrogen and oxygen atoms in total. The van der Waals surface area contributed by atoms with Crippen molar-refractivity contribution in [2.75, 3.05) is 0 Å². The number of nitrogens with zero attached hydrogens (tertiary/aromatic N) is 3. The van der Waals surface area contributed by atoms with Crippen molar-refractivity contribution in [3.8, 4) is 5.75 Å². The number of carbonyl (C=O) groups is 1. The zero-order valence-electron chi connectivity index (χ0n) is 10.6. The Labute approximate surface area is 109 Å². The van der Waals surface area contributed by atoms with Gasteiger partial charge in [-0.1, -0.05) is 12.1 Å². The number of aromatic nitrogens is 3. The van der Waals surface area contributed by atoms with E-state index in [1.54, 1.807) is 13.0 Å². The molecule has 0 saturated carbocycles. The maximum absolute atomic E-state index is 12.0. The third-order valence-electron chi connectivity index (χ3n) is 2.57. The van der Waals surface area contributed by atoms with E-state index in [-0.39, 0.29) is 17.5 Å². The van der Waals surface area contributed by atoms with Crippen molar-refractivity contribution >= 4 is 5.91 Å². The van der Waals surface area contributed by atoms with E-state index in [4.69, 9.17) is 4.52 Å². The minimum absolute atomic E-state index is 0.0267. The first-order chi connectivity index (χ1) is 9.11. The van der Waals surface area contributed by atoms with Gasteiger partial charge in [-0.25, -0.2) is 4.98 Å². The normalized spacial score (nSPS) is 12.1. The zero-order chi connectivity index (χ0) is 13.8. The van der Waals surface area contributed by atoms with Crippen LogP contribution in [0.15, 0.2) is 22.9 Å². The molecular formula is C12H14N4O3. The van der Waals surface area contributed by atoms with Gasteiger partial charge < -0.3 is 14.9 Å². The largest absolute Gasteiger partial charge is 0.505 e. The van der Waals surface area contributed by atoms with Crippen LogP contribution < -0.4 is 5.32 Å². The molecule has 1 atom stereocenters. The number of hydrogen-bond acceptors (Lipinski definition) is 6. The number of nitrogens with one attached hydrogen (secondary N) is 1. The van der Waals surface area contributed by atoms with Gasteiger partial charge in [0.15, 0.2) is 11.5 Å². The SMILES string of the molecule is CCC(NC(=O)c1ncccc1O)c1noc(C)n1. The lowest BCUT2D eigenvalue weighted by Gasteiger charge is -2.13. The molecule has 0 bridgehead atoms. The number of aryl methyl sites for hydroxylation is 1. The Kier molecular flexibility index (Phi) is 3.74. The molecule has 0 spiro atoms. The van der Waals surface area contributed by atoms with E-state index in [9.17, 15) is 9.90 Å². The van der Waals surface area contributed by atoms with Gasteiger partial charge in [-0.3, -0.25) is 4.79 Å². The first-order valence-corrected chi connectivity index (χ1v) is 5.87. The Morgan fingerprint density at radius 2 is 2.37 bits per heavy atom. The summed E-state index contributed by atoms with van der Waals surface area (Å²) in [4.78, 5) is 19.9. The Balaban J connectivity index is 2.15. The van der Waals surface area contributed by atoms with Crippen molar-refractivity contribution in [1.82, 2.24) is 20.4 Å². The van der Waals surface area contributed by atoms with Gasteiger partial charge in [0.1, 0.15) is 5.75 Å². The molecule has 0 aromatic carbocycles. The number of aromatic hydroxyl groups is 1. The molecule has 0 fully saturated rings. The summed E-state index contributed by atoms with van der Waals surface area (Å²) in [5, 5.41) is 16.0. The zero-order valence-corrected chi connectivity index (χ0v) is 10.6. The summed E-state index contributed by atoms with van der Waals surface area (Å²) in [7, 11) is 0. The van der Waals surface area contributed by atoms with E-state index >= 15 is 0 Å². The van der Waals surface area contributed by atoms with E-state index < -0.39 is 5.91 Å². The third-order valence-corrected chi connectivity index (χ3v) is 2.57. The average molecular weight is 262 g/mol. The van der Waals surface area contributed by atoms with Gasteiger partial charge in [-0.2, -0.15) is 4.98 Å². The molecule has 0 saturated heterocycles. The quantitative estimate of drug-likeness (QED) is 0.862. The highest BCUT2D eigenvalue weighted by molar-refractivity contribution is 5.94. The van der Waals surface area contributed by atoms with Crippen LogP contribution in [0.1, 0.15) is 41.6 Å². The number of amides is 1. The Morgan fingerprint density at radius 1 is 1.58 bits per heavy atom. The fourth-order valence-corrected chi connectivity index (χ4v) is 1.60. The van der Waals surface area contributed by atoms with Crippen LogP contribution in [0.4, 0.5) is 0 Å². The lowest BCUT2D eigenvalue weighted by Crippen LogP contribution is -2.29. The molecule has 1 amide bonds. The first kappa shape index (κ1) is 13.0. The molecule has 2 rings (SSSR count). The minimum Gasteiger partial charge on any atom is -0.505 e. The van der Waals surface area contributed by atoms with Gasteiger partial charge in [-0.15, -0.1) is 0 Å². The van der Waals surface area contributed by atoms with Crippen molar-refractivity contribution in [3.63, 3.8) is 0 Å². The van der Waals surface area contributed by atoms with E-state index in [2.05, 4.69) is 20.4 Å². The summed E-state index contributed by atoms with van der Waals surface area (Å²) in [6, 6.07) is 2.57. The molecule has 0 radical (unpaired) electrons. The van der Waals surface area contributed by atoms with E-state index in [0.717, 1.165) is 0 Å². The third kappa shape index (κ3) is 2.87. The molecule has 2 aromatic heterocycles. The Hall–Kier alpha value is -2.44. The monoisotopic (exact) mass is 262 g/mol. The molecule has 0 aliphatic carbocycles. The first-order valence-electron chi connectivity index (χ1n) is 5.87. The van der Waals surface area contributed by atoms with Crippen LogP contribution in [0.2, 0.25) is 0 Å². The highest BCUT2D eigenvalue weighted by Crippen LogP contribution is 2.17. The predicted molar refractivity (Wildman–Crippen MR) is 65.4 cm³/mol. The molecule has 7 heteroatoms. The van der Waals surface area contributed by atoms with Crippen molar-refractivity contribution in [3.05, 3.63) is 35.7 Å². The van der Waals surface area contributed by atoms with E-state index in [0.29, 0.717) is 18.1 Å². The van der Waals surface area contributed by atoms with Crippen LogP contribution in [0.3, 0.4) is 0 Å². The minimum atomic E-state index is -0.479. The summed E-state index contributed by atoms with van der Waals surface area (Å²) >= 11 is 0. The van der Waals surface area contributed by atoms with Crippen LogP contribution in [0.25, 0.3) is 0 Å². The fraction of sp³-hybridized carbons (Fsp3) is 0.333. The number of pyridine rings is 1. The Bertz CT molecular complexity index is 582. The van der Waals surface area contributed by atoms with Crippen molar-refractivity contribution in [1.29, 1.82) is 0 Å². The molecule has 100 valence electrons. The van der Waals surface area contributed by atoms with Gasteiger partial charge in [0.25, 0.3) is 5.91 Å². The highest BCUT2D eigenvalue weighted by atomic mass is 16.5. The van der Waals surface area contributed by atoms with Crippen molar-refractivity contribution in [2.24, 2.45) is 0 Å². The second-order valence-electron chi connectivity index (χ2n) is 3.98. The van der Waals surface area contributed by atoms with Crippen LogP contribution >= 0.6 is 0 Å². The van der Waals surface area contributed by atoms with Gasteiger partial charge in [0.2, 0.25) is 5.89 Å². The molecule has 0 aliphatic rings. The maximum atomic E-state index is 12.0. The lowest BCUT2D eigenvalue weighted by atomic mass is 10.2. The topological polar surface area (TPSA) is 101 Å². The predicted octanol–water partition coefficient (Wildman–Crippen LogP) is 1.36. The maximum Gasteiger partial charge on any atom is 0.274 e. The van der Waals surface area contributed by atoms with Crippen molar-refractivity contribution in [2.45, 2.75) is 26.3 Å². The van der Waals surface area contributed by atoms with E-state index in [1.807, 2.05) is 6.92 Å². The second-order valence-corrected chi connectivity index (χ2v) is 3.98.